The Morgan fingerprint density at radius 3 is 2.49 bits per heavy atom. The minimum Gasteiger partial charge on any atom is -0.325 e. The monoisotopic (exact) mass is 551 g/mol. The smallest absolute Gasteiger partial charge is 0.251 e. The Morgan fingerprint density at radius 2 is 1.68 bits per heavy atom. The molecule has 4 aliphatic rings. The standard InChI is InChI=1S/C28H20Cl3N3O3/c29-14-10-11-15(19(31)13-14)24(35)22-21-9-4-12-34(21)28(17-6-3-7-18(30)23(17)33-26(28)37)27(22)16-5-1-2-8-20(16)32-25(27)36/h1-3,5-8,10-11,13,21-22H,4,9,12H2,(H,32,36)(H,33,37)/t21-,22-,27-,28+/m0/s1. The number of fused-ring (bicyclic) bond motifs is 7. The minimum atomic E-state index is -1.55. The van der Waals surface area contributed by atoms with E-state index in [2.05, 4.69) is 15.5 Å². The van der Waals surface area contributed by atoms with Crippen molar-refractivity contribution in [1.29, 1.82) is 0 Å². The number of ketones is 1. The van der Waals surface area contributed by atoms with Crippen LogP contribution in [0.1, 0.15) is 34.3 Å². The third-order valence-electron chi connectivity index (χ3n) is 8.56. The van der Waals surface area contributed by atoms with Crippen molar-refractivity contribution in [2.24, 2.45) is 5.92 Å². The second-order valence-corrected chi connectivity index (χ2v) is 11.3. The fraction of sp³-hybridized carbons (Fsp3) is 0.250. The summed E-state index contributed by atoms with van der Waals surface area (Å²) in [6.07, 6.45) is 1.44. The van der Waals surface area contributed by atoms with Gasteiger partial charge in [0, 0.05) is 27.9 Å². The van der Waals surface area contributed by atoms with Gasteiger partial charge in [-0.3, -0.25) is 19.3 Å². The normalized spacial score (nSPS) is 29.4. The molecule has 3 aromatic rings. The molecule has 0 bridgehead atoms. The molecule has 0 saturated carbocycles. The number of nitrogens with one attached hydrogen (secondary N) is 2. The van der Waals surface area contributed by atoms with Crippen molar-refractivity contribution in [3.63, 3.8) is 0 Å². The maximum Gasteiger partial charge on any atom is 0.251 e. The highest BCUT2D eigenvalue weighted by Gasteiger charge is 2.81. The molecule has 2 saturated heterocycles. The van der Waals surface area contributed by atoms with E-state index in [1.54, 1.807) is 24.3 Å². The highest BCUT2D eigenvalue weighted by molar-refractivity contribution is 6.37. The molecular weight excluding hydrogens is 533 g/mol. The summed E-state index contributed by atoms with van der Waals surface area (Å²) >= 11 is 19.3. The average Bonchev–Trinajstić information content (AvgIpc) is 3.58. The molecule has 0 radical (unpaired) electrons. The zero-order chi connectivity index (χ0) is 25.7. The van der Waals surface area contributed by atoms with Crippen LogP contribution in [0, 0.1) is 5.92 Å². The number of Topliss-reactive ketones (excluding diaryl/α,β-unsaturated/α-hetero) is 1. The number of halogens is 3. The van der Waals surface area contributed by atoms with E-state index in [0.717, 1.165) is 6.42 Å². The number of benzene rings is 3. The first kappa shape index (κ1) is 23.2. The van der Waals surface area contributed by atoms with Crippen molar-refractivity contribution in [3.05, 3.63) is 92.4 Å². The molecule has 4 aliphatic heterocycles. The van der Waals surface area contributed by atoms with Crippen LogP contribution in [0.15, 0.2) is 60.7 Å². The Kier molecular flexibility index (Phi) is 4.90. The maximum atomic E-state index is 14.6. The van der Waals surface area contributed by atoms with Gasteiger partial charge in [-0.15, -0.1) is 0 Å². The summed E-state index contributed by atoms with van der Waals surface area (Å²) in [4.78, 5) is 45.4. The summed E-state index contributed by atoms with van der Waals surface area (Å²) in [6, 6.07) is 17.0. The van der Waals surface area contributed by atoms with Crippen LogP contribution in [0.4, 0.5) is 11.4 Å². The average molecular weight is 553 g/mol. The molecule has 2 N–H and O–H groups in total. The van der Waals surface area contributed by atoms with Gasteiger partial charge in [0.1, 0.15) is 11.0 Å². The summed E-state index contributed by atoms with van der Waals surface area (Å²) in [5.41, 5.74) is -0.423. The molecule has 2 fully saturated rings. The van der Waals surface area contributed by atoms with Crippen LogP contribution in [0.3, 0.4) is 0 Å². The van der Waals surface area contributed by atoms with E-state index in [1.807, 2.05) is 30.3 Å². The van der Waals surface area contributed by atoms with Crippen LogP contribution in [0.25, 0.3) is 0 Å². The zero-order valence-corrected chi connectivity index (χ0v) is 21.6. The molecule has 186 valence electrons. The number of rotatable bonds is 2. The van der Waals surface area contributed by atoms with Crippen LogP contribution >= 0.6 is 34.8 Å². The fourth-order valence-electron chi connectivity index (χ4n) is 7.43. The highest BCUT2D eigenvalue weighted by atomic mass is 35.5. The number of carbonyl (C=O) groups is 3. The van der Waals surface area contributed by atoms with Crippen molar-refractivity contribution in [2.45, 2.75) is 29.8 Å². The Hall–Kier alpha value is -2.90. The third kappa shape index (κ3) is 2.64. The van der Waals surface area contributed by atoms with Gasteiger partial charge in [-0.2, -0.15) is 0 Å². The number of hydrogen-bond donors (Lipinski definition) is 2. The zero-order valence-electron chi connectivity index (χ0n) is 19.4. The summed E-state index contributed by atoms with van der Waals surface area (Å²) in [5.74, 6) is -1.90. The van der Waals surface area contributed by atoms with Gasteiger partial charge in [-0.05, 0) is 55.3 Å². The van der Waals surface area contributed by atoms with Crippen LogP contribution in [-0.4, -0.2) is 35.1 Å². The molecule has 3 aromatic carbocycles. The van der Waals surface area contributed by atoms with E-state index in [4.69, 9.17) is 34.8 Å². The van der Waals surface area contributed by atoms with Crippen molar-refractivity contribution < 1.29 is 14.4 Å². The lowest BCUT2D eigenvalue weighted by molar-refractivity contribution is -0.137. The Labute approximate surface area is 227 Å². The third-order valence-corrected chi connectivity index (χ3v) is 9.42. The lowest BCUT2D eigenvalue weighted by Gasteiger charge is -2.43. The van der Waals surface area contributed by atoms with E-state index in [-0.39, 0.29) is 34.2 Å². The molecule has 4 heterocycles. The molecule has 0 aliphatic carbocycles. The number of nitrogens with zero attached hydrogens (tertiary/aromatic N) is 1. The molecule has 0 unspecified atom stereocenters. The van der Waals surface area contributed by atoms with Crippen LogP contribution in [0.5, 0.6) is 0 Å². The summed E-state index contributed by atoms with van der Waals surface area (Å²) < 4.78 is 0. The first-order chi connectivity index (χ1) is 17.8. The van der Waals surface area contributed by atoms with E-state index >= 15 is 0 Å². The molecule has 9 heteroatoms. The van der Waals surface area contributed by atoms with Gasteiger partial charge in [-0.1, -0.05) is 65.1 Å². The van der Waals surface area contributed by atoms with Gasteiger partial charge in [0.2, 0.25) is 5.91 Å². The SMILES string of the molecule is O=C(c1ccc(Cl)cc1Cl)[C@@H]1[C@@H]2CCCN2[C@]2(C(=O)Nc3c(Cl)cccc32)[C@]12C(=O)Nc1ccccc12. The number of para-hydroxylation sites is 2. The molecule has 0 aromatic heterocycles. The molecule has 2 amide bonds. The largest absolute Gasteiger partial charge is 0.325 e. The first-order valence-electron chi connectivity index (χ1n) is 12.1. The molecule has 2 spiro atoms. The van der Waals surface area contributed by atoms with Gasteiger partial charge >= 0.3 is 0 Å². The van der Waals surface area contributed by atoms with Crippen molar-refractivity contribution in [3.8, 4) is 0 Å². The summed E-state index contributed by atoms with van der Waals surface area (Å²) in [7, 11) is 0. The summed E-state index contributed by atoms with van der Waals surface area (Å²) in [6.45, 7) is 0.555. The van der Waals surface area contributed by atoms with E-state index in [9.17, 15) is 14.4 Å². The van der Waals surface area contributed by atoms with Gasteiger partial charge < -0.3 is 10.6 Å². The lowest BCUT2D eigenvalue weighted by Crippen LogP contribution is -2.62. The van der Waals surface area contributed by atoms with Gasteiger partial charge in [0.25, 0.3) is 5.91 Å². The van der Waals surface area contributed by atoms with Crippen LogP contribution in [-0.2, 0) is 20.5 Å². The Balaban J connectivity index is 1.60. The molecule has 4 atom stereocenters. The van der Waals surface area contributed by atoms with Crippen LogP contribution < -0.4 is 10.6 Å². The molecule has 6 nitrogen and oxygen atoms in total. The minimum absolute atomic E-state index is 0.212. The Morgan fingerprint density at radius 1 is 0.892 bits per heavy atom. The number of carbonyl (C=O) groups excluding carboxylic acids is 3. The summed E-state index contributed by atoms with van der Waals surface area (Å²) in [5, 5.41) is 7.00. The predicted octanol–water partition coefficient (Wildman–Crippen LogP) is 5.66. The van der Waals surface area contributed by atoms with Crippen molar-refractivity contribution >= 4 is 63.8 Å². The first-order valence-corrected chi connectivity index (χ1v) is 13.2. The Bertz CT molecular complexity index is 1560. The number of anilines is 2. The van der Waals surface area contributed by atoms with Crippen molar-refractivity contribution in [2.75, 3.05) is 17.2 Å². The van der Waals surface area contributed by atoms with Crippen molar-refractivity contribution in [1.82, 2.24) is 4.90 Å². The van der Waals surface area contributed by atoms with E-state index < -0.39 is 16.9 Å². The molecule has 7 rings (SSSR count). The van der Waals surface area contributed by atoms with Gasteiger partial charge in [0.15, 0.2) is 5.78 Å². The second-order valence-electron chi connectivity index (χ2n) is 10.0. The molecule has 37 heavy (non-hydrogen) atoms. The van der Waals surface area contributed by atoms with Gasteiger partial charge in [0.05, 0.1) is 21.7 Å². The second kappa shape index (κ2) is 7.81. The highest BCUT2D eigenvalue weighted by Crippen LogP contribution is 2.68. The van der Waals surface area contributed by atoms with Crippen LogP contribution in [0.2, 0.25) is 15.1 Å². The quantitative estimate of drug-likeness (QED) is 0.402. The van der Waals surface area contributed by atoms with E-state index in [0.29, 0.717) is 45.5 Å². The van der Waals surface area contributed by atoms with Gasteiger partial charge in [-0.25, -0.2) is 0 Å². The fourth-order valence-corrected chi connectivity index (χ4v) is 8.15. The maximum absolute atomic E-state index is 14.6. The van der Waals surface area contributed by atoms with E-state index in [1.165, 1.54) is 6.07 Å². The number of amides is 2. The topological polar surface area (TPSA) is 78.5 Å². The molecular formula is C28H20Cl3N3O3. The lowest BCUT2D eigenvalue weighted by atomic mass is 9.57. The predicted molar refractivity (Wildman–Crippen MR) is 143 cm³/mol. The number of hydrogen-bond acceptors (Lipinski definition) is 4.